The summed E-state index contributed by atoms with van der Waals surface area (Å²) in [6.45, 7) is 5.07. The molecule has 3 aromatic carbocycles. The van der Waals surface area contributed by atoms with Crippen LogP contribution in [0.1, 0.15) is 29.3 Å². The second-order valence-corrected chi connectivity index (χ2v) is 9.46. The van der Waals surface area contributed by atoms with Gasteiger partial charge in [0.15, 0.2) is 0 Å². The number of para-hydroxylation sites is 2. The third-order valence-electron chi connectivity index (χ3n) is 6.59. The number of aryl methyl sites for hydroxylation is 2. The SMILES string of the molecule is COc1ccc(N2C[C@H](c3nc4ccccc4n3C[C@H](O)COc3cc(C)cc(C)c3)CC2=O)cc1. The summed E-state index contributed by atoms with van der Waals surface area (Å²) in [6.07, 6.45) is -0.373. The number of carbonyl (C=O) groups excluding carboxylic acids is 1. The number of amides is 1. The molecule has 0 saturated carbocycles. The molecule has 0 bridgehead atoms. The van der Waals surface area contributed by atoms with Crippen molar-refractivity contribution >= 4 is 22.6 Å². The smallest absolute Gasteiger partial charge is 0.227 e. The quantitative estimate of drug-likeness (QED) is 0.394. The molecule has 36 heavy (non-hydrogen) atoms. The zero-order valence-corrected chi connectivity index (χ0v) is 20.8. The number of aliphatic hydroxyl groups excluding tert-OH is 1. The van der Waals surface area contributed by atoms with Gasteiger partial charge in [0.25, 0.3) is 0 Å². The van der Waals surface area contributed by atoms with Gasteiger partial charge in [0.1, 0.15) is 30.0 Å². The summed E-state index contributed by atoms with van der Waals surface area (Å²) in [5.74, 6) is 2.28. The van der Waals surface area contributed by atoms with E-state index in [0.717, 1.165) is 45.2 Å². The van der Waals surface area contributed by atoms with Crippen LogP contribution >= 0.6 is 0 Å². The van der Waals surface area contributed by atoms with E-state index in [1.165, 1.54) is 0 Å². The number of imidazole rings is 1. The Kier molecular flexibility index (Phi) is 6.65. The molecular formula is C29H31N3O4. The summed E-state index contributed by atoms with van der Waals surface area (Å²) in [5.41, 5.74) is 4.87. The Hall–Kier alpha value is -3.84. The molecule has 1 amide bonds. The number of ether oxygens (including phenoxy) is 2. The summed E-state index contributed by atoms with van der Waals surface area (Å²) in [5, 5.41) is 10.9. The van der Waals surface area contributed by atoms with Crippen LogP contribution in [0.3, 0.4) is 0 Å². The Morgan fingerprint density at radius 1 is 1.03 bits per heavy atom. The van der Waals surface area contributed by atoms with Gasteiger partial charge in [-0.25, -0.2) is 4.98 Å². The summed E-state index contributed by atoms with van der Waals surface area (Å²) in [4.78, 5) is 19.7. The fourth-order valence-electron chi connectivity index (χ4n) is 4.96. The highest BCUT2D eigenvalue weighted by Gasteiger charge is 2.35. The topological polar surface area (TPSA) is 76.8 Å². The molecule has 186 valence electrons. The van der Waals surface area contributed by atoms with Crippen molar-refractivity contribution in [2.45, 2.75) is 38.8 Å². The number of carbonyl (C=O) groups is 1. The molecular weight excluding hydrogens is 454 g/mol. The number of anilines is 1. The van der Waals surface area contributed by atoms with Crippen molar-refractivity contribution in [3.8, 4) is 11.5 Å². The van der Waals surface area contributed by atoms with E-state index in [2.05, 4.69) is 6.07 Å². The minimum Gasteiger partial charge on any atom is -0.497 e. The van der Waals surface area contributed by atoms with Gasteiger partial charge in [-0.05, 0) is 73.5 Å². The number of fused-ring (bicyclic) bond motifs is 1. The van der Waals surface area contributed by atoms with E-state index in [1.807, 2.05) is 79.1 Å². The van der Waals surface area contributed by atoms with Crippen molar-refractivity contribution in [1.82, 2.24) is 9.55 Å². The average Bonchev–Trinajstić information content (AvgIpc) is 3.43. The van der Waals surface area contributed by atoms with Crippen LogP contribution in [0.25, 0.3) is 11.0 Å². The van der Waals surface area contributed by atoms with Crippen LogP contribution in [0.2, 0.25) is 0 Å². The van der Waals surface area contributed by atoms with Gasteiger partial charge < -0.3 is 24.0 Å². The molecule has 0 radical (unpaired) electrons. The van der Waals surface area contributed by atoms with Crippen molar-refractivity contribution in [3.63, 3.8) is 0 Å². The maximum Gasteiger partial charge on any atom is 0.227 e. The van der Waals surface area contributed by atoms with Crippen LogP contribution < -0.4 is 14.4 Å². The highest BCUT2D eigenvalue weighted by atomic mass is 16.5. The number of benzene rings is 3. The van der Waals surface area contributed by atoms with Crippen molar-refractivity contribution in [3.05, 3.63) is 83.7 Å². The Balaban J connectivity index is 1.36. The van der Waals surface area contributed by atoms with Crippen LogP contribution in [0.4, 0.5) is 5.69 Å². The zero-order chi connectivity index (χ0) is 25.2. The predicted octanol–water partition coefficient (Wildman–Crippen LogP) is 4.62. The number of aromatic nitrogens is 2. The molecule has 0 aliphatic carbocycles. The molecule has 1 aliphatic heterocycles. The highest BCUT2D eigenvalue weighted by molar-refractivity contribution is 5.96. The maximum absolute atomic E-state index is 13.0. The Morgan fingerprint density at radius 2 is 1.75 bits per heavy atom. The minimum atomic E-state index is -0.739. The number of methoxy groups -OCH3 is 1. The summed E-state index contributed by atoms with van der Waals surface area (Å²) >= 11 is 0. The normalized spacial score (nSPS) is 16.5. The van der Waals surface area contributed by atoms with E-state index in [4.69, 9.17) is 14.5 Å². The molecule has 2 atom stereocenters. The zero-order valence-electron chi connectivity index (χ0n) is 20.8. The fourth-order valence-corrected chi connectivity index (χ4v) is 4.96. The van der Waals surface area contributed by atoms with Crippen LogP contribution in [-0.4, -0.2) is 46.9 Å². The molecule has 1 saturated heterocycles. The van der Waals surface area contributed by atoms with Crippen molar-refractivity contribution in [2.75, 3.05) is 25.2 Å². The lowest BCUT2D eigenvalue weighted by atomic mass is 10.1. The number of nitrogens with zero attached hydrogens (tertiary/aromatic N) is 3. The third kappa shape index (κ3) is 4.93. The monoisotopic (exact) mass is 485 g/mol. The van der Waals surface area contributed by atoms with Crippen molar-refractivity contribution in [1.29, 1.82) is 0 Å². The molecule has 7 heteroatoms. The van der Waals surface area contributed by atoms with Gasteiger partial charge in [-0.1, -0.05) is 18.2 Å². The minimum absolute atomic E-state index is 0.0578. The highest BCUT2D eigenvalue weighted by Crippen LogP contribution is 2.34. The molecule has 1 aromatic heterocycles. The van der Waals surface area contributed by atoms with Gasteiger partial charge in [0, 0.05) is 24.6 Å². The lowest BCUT2D eigenvalue weighted by Gasteiger charge is -2.19. The third-order valence-corrected chi connectivity index (χ3v) is 6.59. The van der Waals surface area contributed by atoms with E-state index < -0.39 is 6.10 Å². The Morgan fingerprint density at radius 3 is 2.47 bits per heavy atom. The first-order valence-corrected chi connectivity index (χ1v) is 12.2. The standard InChI is InChI=1S/C29H31N3O4/c1-19-12-20(2)14-25(13-19)36-18-23(33)17-32-27-7-5-4-6-26(27)30-29(32)21-15-28(34)31(16-21)22-8-10-24(35-3)11-9-22/h4-14,21,23,33H,15-18H2,1-3H3/t21-,23+/m1/s1. The van der Waals surface area contributed by atoms with E-state index in [0.29, 0.717) is 19.5 Å². The van der Waals surface area contributed by atoms with Gasteiger partial charge >= 0.3 is 0 Å². The molecule has 1 N–H and O–H groups in total. The molecule has 1 fully saturated rings. The molecule has 5 rings (SSSR count). The van der Waals surface area contributed by atoms with Gasteiger partial charge in [-0.15, -0.1) is 0 Å². The molecule has 7 nitrogen and oxygen atoms in total. The van der Waals surface area contributed by atoms with Gasteiger partial charge in [-0.3, -0.25) is 4.79 Å². The van der Waals surface area contributed by atoms with Gasteiger partial charge in [-0.2, -0.15) is 0 Å². The molecule has 4 aromatic rings. The van der Waals surface area contributed by atoms with Crippen LogP contribution in [-0.2, 0) is 11.3 Å². The molecule has 2 heterocycles. The predicted molar refractivity (Wildman–Crippen MR) is 140 cm³/mol. The lowest BCUT2D eigenvalue weighted by molar-refractivity contribution is -0.117. The maximum atomic E-state index is 13.0. The van der Waals surface area contributed by atoms with Crippen LogP contribution in [0.15, 0.2) is 66.7 Å². The largest absolute Gasteiger partial charge is 0.497 e. The van der Waals surface area contributed by atoms with Gasteiger partial charge in [0.05, 0.1) is 24.7 Å². The first-order valence-electron chi connectivity index (χ1n) is 12.2. The molecule has 0 unspecified atom stereocenters. The second kappa shape index (κ2) is 10.0. The van der Waals surface area contributed by atoms with E-state index in [9.17, 15) is 9.90 Å². The van der Waals surface area contributed by atoms with Crippen molar-refractivity contribution < 1.29 is 19.4 Å². The first-order chi connectivity index (χ1) is 17.4. The number of rotatable bonds is 8. The van der Waals surface area contributed by atoms with E-state index in [-0.39, 0.29) is 18.4 Å². The lowest BCUT2D eigenvalue weighted by Crippen LogP contribution is -2.26. The van der Waals surface area contributed by atoms with Crippen molar-refractivity contribution in [2.24, 2.45) is 0 Å². The first kappa shape index (κ1) is 23.9. The summed E-state index contributed by atoms with van der Waals surface area (Å²) < 4.78 is 13.2. The summed E-state index contributed by atoms with van der Waals surface area (Å²) in [6, 6.07) is 21.4. The Labute approximate surface area is 210 Å². The van der Waals surface area contributed by atoms with E-state index in [1.54, 1.807) is 12.0 Å². The second-order valence-electron chi connectivity index (χ2n) is 9.46. The number of hydrogen-bond acceptors (Lipinski definition) is 5. The van der Waals surface area contributed by atoms with E-state index >= 15 is 0 Å². The Bertz CT molecular complexity index is 1360. The van der Waals surface area contributed by atoms with Crippen LogP contribution in [0.5, 0.6) is 11.5 Å². The average molecular weight is 486 g/mol. The fraction of sp³-hybridized carbons (Fsp3) is 0.310. The van der Waals surface area contributed by atoms with Gasteiger partial charge in [0.2, 0.25) is 5.91 Å². The molecule has 1 aliphatic rings. The summed E-state index contributed by atoms with van der Waals surface area (Å²) in [7, 11) is 1.62. The number of aliphatic hydroxyl groups is 1. The van der Waals surface area contributed by atoms with Crippen LogP contribution in [0, 0.1) is 13.8 Å². The molecule has 0 spiro atoms. The number of hydrogen-bond donors (Lipinski definition) is 1.